The molecule has 1 aromatic carbocycles. The molecule has 0 unspecified atom stereocenters. The molecule has 0 bridgehead atoms. The number of piperidine rings is 1. The predicted molar refractivity (Wildman–Crippen MR) is 65.8 cm³/mol. The molecular formula is C13H17NO3. The fourth-order valence-electron chi connectivity index (χ4n) is 2.07. The van der Waals surface area contributed by atoms with Gasteiger partial charge in [-0.05, 0) is 25.0 Å². The van der Waals surface area contributed by atoms with Crippen molar-refractivity contribution in [3.63, 3.8) is 0 Å². The lowest BCUT2D eigenvalue weighted by atomic mass is 10.1. The van der Waals surface area contributed by atoms with Crippen molar-refractivity contribution in [2.75, 3.05) is 25.7 Å². The van der Waals surface area contributed by atoms with Gasteiger partial charge in [0.25, 0.3) is 0 Å². The molecule has 17 heavy (non-hydrogen) atoms. The highest BCUT2D eigenvalue weighted by atomic mass is 16.5. The average molecular weight is 235 g/mol. The van der Waals surface area contributed by atoms with E-state index in [9.17, 15) is 4.79 Å². The lowest BCUT2D eigenvalue weighted by Crippen LogP contribution is -2.35. The van der Waals surface area contributed by atoms with E-state index in [1.165, 1.54) is 0 Å². The van der Waals surface area contributed by atoms with Crippen LogP contribution in [0.3, 0.4) is 0 Å². The van der Waals surface area contributed by atoms with E-state index >= 15 is 0 Å². The largest absolute Gasteiger partial charge is 0.497 e. The zero-order valence-corrected chi connectivity index (χ0v) is 10.2. The van der Waals surface area contributed by atoms with Crippen LogP contribution in [0, 0.1) is 0 Å². The van der Waals surface area contributed by atoms with Crippen LogP contribution in [0.15, 0.2) is 18.2 Å². The Labute approximate surface area is 101 Å². The van der Waals surface area contributed by atoms with Crippen LogP contribution in [0.4, 0.5) is 5.69 Å². The molecule has 1 aliphatic heterocycles. The molecule has 92 valence electrons. The Morgan fingerprint density at radius 3 is 2.65 bits per heavy atom. The number of carbonyl (C=O) groups excluding carboxylic acids is 1. The maximum absolute atomic E-state index is 11.9. The molecule has 1 saturated heterocycles. The van der Waals surface area contributed by atoms with Crippen molar-refractivity contribution in [1.82, 2.24) is 0 Å². The minimum absolute atomic E-state index is 0.166. The van der Waals surface area contributed by atoms with Crippen LogP contribution < -0.4 is 14.4 Å². The predicted octanol–water partition coefficient (Wildman–Crippen LogP) is 2.22. The van der Waals surface area contributed by atoms with Gasteiger partial charge in [0, 0.05) is 19.0 Å². The molecule has 0 spiro atoms. The van der Waals surface area contributed by atoms with Crippen LogP contribution in [0.25, 0.3) is 0 Å². The fraction of sp³-hybridized carbons (Fsp3) is 0.462. The number of amides is 1. The zero-order valence-electron chi connectivity index (χ0n) is 10.2. The molecule has 1 amide bonds. The van der Waals surface area contributed by atoms with E-state index < -0.39 is 0 Å². The van der Waals surface area contributed by atoms with Crippen LogP contribution in [0.2, 0.25) is 0 Å². The molecule has 0 radical (unpaired) electrons. The Hall–Kier alpha value is -1.71. The molecule has 1 aliphatic rings. The first-order valence-electron chi connectivity index (χ1n) is 5.78. The van der Waals surface area contributed by atoms with Crippen LogP contribution in [-0.2, 0) is 4.79 Å². The molecule has 2 rings (SSSR count). The van der Waals surface area contributed by atoms with Crippen molar-refractivity contribution < 1.29 is 14.3 Å². The molecule has 1 heterocycles. The summed E-state index contributed by atoms with van der Waals surface area (Å²) in [6, 6.07) is 5.53. The van der Waals surface area contributed by atoms with Crippen LogP contribution in [0.5, 0.6) is 11.5 Å². The third-order valence-corrected chi connectivity index (χ3v) is 3.00. The van der Waals surface area contributed by atoms with Gasteiger partial charge in [-0.2, -0.15) is 0 Å². The van der Waals surface area contributed by atoms with E-state index in [-0.39, 0.29) is 5.91 Å². The minimum atomic E-state index is 0.166. The molecule has 0 atom stereocenters. The van der Waals surface area contributed by atoms with Gasteiger partial charge in [-0.3, -0.25) is 4.79 Å². The quantitative estimate of drug-likeness (QED) is 0.806. The first-order valence-corrected chi connectivity index (χ1v) is 5.78. The first-order chi connectivity index (χ1) is 8.26. The summed E-state index contributed by atoms with van der Waals surface area (Å²) in [6.07, 6.45) is 2.64. The van der Waals surface area contributed by atoms with E-state index in [2.05, 4.69) is 0 Å². The number of hydrogen-bond donors (Lipinski definition) is 0. The van der Waals surface area contributed by atoms with E-state index in [1.54, 1.807) is 25.2 Å². The summed E-state index contributed by atoms with van der Waals surface area (Å²) < 4.78 is 10.5. The first kappa shape index (κ1) is 11.8. The van der Waals surface area contributed by atoms with Gasteiger partial charge >= 0.3 is 0 Å². The molecule has 0 aliphatic carbocycles. The van der Waals surface area contributed by atoms with Crippen molar-refractivity contribution in [2.24, 2.45) is 0 Å². The summed E-state index contributed by atoms with van der Waals surface area (Å²) in [6.45, 7) is 0.765. The summed E-state index contributed by atoms with van der Waals surface area (Å²) >= 11 is 0. The molecule has 0 saturated carbocycles. The number of methoxy groups -OCH3 is 2. The van der Waals surface area contributed by atoms with Gasteiger partial charge in [-0.1, -0.05) is 0 Å². The average Bonchev–Trinajstić information content (AvgIpc) is 2.38. The smallest absolute Gasteiger partial charge is 0.227 e. The third-order valence-electron chi connectivity index (χ3n) is 3.00. The topological polar surface area (TPSA) is 38.8 Å². The number of carbonyl (C=O) groups is 1. The summed E-state index contributed by atoms with van der Waals surface area (Å²) in [5.74, 6) is 1.58. The standard InChI is InChI=1S/C13H17NO3/c1-16-10-6-7-11(12(9-10)17-2)14-8-4-3-5-13(14)15/h6-7,9H,3-5,8H2,1-2H3. The fourth-order valence-corrected chi connectivity index (χ4v) is 2.07. The SMILES string of the molecule is COc1ccc(N2CCCCC2=O)c(OC)c1. The maximum atomic E-state index is 11.9. The van der Waals surface area contributed by atoms with Gasteiger partial charge in [0.05, 0.1) is 19.9 Å². The van der Waals surface area contributed by atoms with Gasteiger partial charge in [0.15, 0.2) is 0 Å². The second kappa shape index (κ2) is 5.08. The third kappa shape index (κ3) is 2.35. The highest BCUT2D eigenvalue weighted by Gasteiger charge is 2.22. The summed E-state index contributed by atoms with van der Waals surface area (Å²) in [7, 11) is 3.22. The second-order valence-electron chi connectivity index (χ2n) is 4.04. The Morgan fingerprint density at radius 2 is 2.00 bits per heavy atom. The summed E-state index contributed by atoms with van der Waals surface area (Å²) in [5, 5.41) is 0. The molecule has 4 heteroatoms. The maximum Gasteiger partial charge on any atom is 0.227 e. The number of nitrogens with zero attached hydrogens (tertiary/aromatic N) is 1. The number of rotatable bonds is 3. The van der Waals surface area contributed by atoms with Crippen LogP contribution >= 0.6 is 0 Å². The summed E-state index contributed by atoms with van der Waals surface area (Å²) in [4.78, 5) is 13.6. The highest BCUT2D eigenvalue weighted by molar-refractivity contribution is 5.95. The number of hydrogen-bond acceptors (Lipinski definition) is 3. The van der Waals surface area contributed by atoms with Crippen LogP contribution in [-0.4, -0.2) is 26.7 Å². The van der Waals surface area contributed by atoms with Gasteiger partial charge in [-0.25, -0.2) is 0 Å². The normalized spacial score (nSPS) is 15.9. The molecular weight excluding hydrogens is 218 g/mol. The minimum Gasteiger partial charge on any atom is -0.497 e. The molecule has 1 fully saturated rings. The Kier molecular flexibility index (Phi) is 3.52. The van der Waals surface area contributed by atoms with Crippen molar-refractivity contribution in [3.05, 3.63) is 18.2 Å². The van der Waals surface area contributed by atoms with Crippen molar-refractivity contribution in [3.8, 4) is 11.5 Å². The number of anilines is 1. The lowest BCUT2D eigenvalue weighted by molar-refractivity contribution is -0.119. The zero-order chi connectivity index (χ0) is 12.3. The number of benzene rings is 1. The second-order valence-corrected chi connectivity index (χ2v) is 4.04. The monoisotopic (exact) mass is 235 g/mol. The highest BCUT2D eigenvalue weighted by Crippen LogP contribution is 2.33. The Balaban J connectivity index is 2.33. The molecule has 0 aromatic heterocycles. The number of ether oxygens (including phenoxy) is 2. The van der Waals surface area contributed by atoms with Gasteiger partial charge in [0.2, 0.25) is 5.91 Å². The van der Waals surface area contributed by atoms with E-state index in [0.29, 0.717) is 12.2 Å². The van der Waals surface area contributed by atoms with Crippen molar-refractivity contribution in [1.29, 1.82) is 0 Å². The Morgan fingerprint density at radius 1 is 1.18 bits per heavy atom. The lowest BCUT2D eigenvalue weighted by Gasteiger charge is -2.28. The van der Waals surface area contributed by atoms with E-state index in [1.807, 2.05) is 12.1 Å². The van der Waals surface area contributed by atoms with Gasteiger partial charge in [0.1, 0.15) is 11.5 Å². The summed E-state index contributed by atoms with van der Waals surface area (Å²) in [5.41, 5.74) is 0.831. The van der Waals surface area contributed by atoms with Gasteiger partial charge in [-0.15, -0.1) is 0 Å². The van der Waals surface area contributed by atoms with Crippen molar-refractivity contribution in [2.45, 2.75) is 19.3 Å². The van der Waals surface area contributed by atoms with E-state index in [4.69, 9.17) is 9.47 Å². The Bertz CT molecular complexity index is 417. The molecule has 0 N–H and O–H groups in total. The molecule has 1 aromatic rings. The van der Waals surface area contributed by atoms with Crippen LogP contribution in [0.1, 0.15) is 19.3 Å². The van der Waals surface area contributed by atoms with Crippen molar-refractivity contribution >= 4 is 11.6 Å². The van der Waals surface area contributed by atoms with Gasteiger partial charge < -0.3 is 14.4 Å². The van der Waals surface area contributed by atoms with E-state index in [0.717, 1.165) is 30.8 Å². The molecule has 4 nitrogen and oxygen atoms in total.